The van der Waals surface area contributed by atoms with E-state index < -0.39 is 28.2 Å². The minimum absolute atomic E-state index is 0.0768. The summed E-state index contributed by atoms with van der Waals surface area (Å²) in [7, 11) is -3.77. The Balaban J connectivity index is 2.85. The Morgan fingerprint density at radius 3 is 2.67 bits per heavy atom. The third-order valence-corrected chi connectivity index (χ3v) is 3.53. The van der Waals surface area contributed by atoms with Crippen LogP contribution in [0, 0.1) is 11.3 Å². The maximum Gasteiger partial charge on any atom is 0.304 e. The van der Waals surface area contributed by atoms with Crippen LogP contribution in [0.25, 0.3) is 0 Å². The number of carboxylic acids is 1. The van der Waals surface area contributed by atoms with Gasteiger partial charge >= 0.3 is 5.97 Å². The molecule has 1 aromatic carbocycles. The number of halogens is 1. The molecule has 8 heteroatoms. The van der Waals surface area contributed by atoms with E-state index in [0.717, 1.165) is 0 Å². The molecule has 0 aromatic heterocycles. The molecule has 96 valence electrons. The quantitative estimate of drug-likeness (QED) is 0.852. The van der Waals surface area contributed by atoms with E-state index >= 15 is 0 Å². The lowest BCUT2D eigenvalue weighted by Gasteiger charge is -2.08. The van der Waals surface area contributed by atoms with Crippen LogP contribution in [-0.4, -0.2) is 25.2 Å². The summed E-state index contributed by atoms with van der Waals surface area (Å²) < 4.78 is 25.2. The van der Waals surface area contributed by atoms with Crippen molar-refractivity contribution in [3.63, 3.8) is 0 Å². The summed E-state index contributed by atoms with van der Waals surface area (Å²) in [6.45, 7) is 0. The van der Waals surface area contributed by atoms with Crippen LogP contribution in [0.15, 0.2) is 18.2 Å². The van der Waals surface area contributed by atoms with Gasteiger partial charge in [-0.2, -0.15) is 5.26 Å². The lowest BCUT2D eigenvalue weighted by atomic mass is 10.2. The number of nitrogens with zero attached hydrogens (tertiary/aromatic N) is 1. The van der Waals surface area contributed by atoms with Crippen LogP contribution >= 0.6 is 11.6 Å². The van der Waals surface area contributed by atoms with Gasteiger partial charge in [-0.05, 0) is 18.2 Å². The Morgan fingerprint density at radius 2 is 2.17 bits per heavy atom. The SMILES string of the molecule is N#Cc1ccc(NS(=O)(=O)CCC(=O)O)c(Cl)c1. The molecule has 0 saturated carbocycles. The topological polar surface area (TPSA) is 107 Å². The van der Waals surface area contributed by atoms with E-state index in [0.29, 0.717) is 5.56 Å². The first-order valence-electron chi connectivity index (χ1n) is 4.76. The van der Waals surface area contributed by atoms with Crippen LogP contribution in [-0.2, 0) is 14.8 Å². The fourth-order valence-electron chi connectivity index (χ4n) is 1.11. The minimum Gasteiger partial charge on any atom is -0.481 e. The van der Waals surface area contributed by atoms with Gasteiger partial charge in [-0.3, -0.25) is 9.52 Å². The number of benzene rings is 1. The highest BCUT2D eigenvalue weighted by molar-refractivity contribution is 7.92. The zero-order valence-corrected chi connectivity index (χ0v) is 10.6. The molecule has 1 aromatic rings. The van der Waals surface area contributed by atoms with Crippen molar-refractivity contribution >= 4 is 33.3 Å². The molecule has 0 spiro atoms. The number of aliphatic carboxylic acids is 1. The van der Waals surface area contributed by atoms with E-state index in [4.69, 9.17) is 22.0 Å². The molecule has 6 nitrogen and oxygen atoms in total. The van der Waals surface area contributed by atoms with Crippen molar-refractivity contribution in [2.75, 3.05) is 10.5 Å². The van der Waals surface area contributed by atoms with Crippen LogP contribution in [0.2, 0.25) is 5.02 Å². The summed E-state index contributed by atoms with van der Waals surface area (Å²) >= 11 is 5.78. The number of rotatable bonds is 5. The van der Waals surface area contributed by atoms with Gasteiger partial charge in [-0.25, -0.2) is 8.42 Å². The van der Waals surface area contributed by atoms with E-state index in [1.54, 1.807) is 0 Å². The molecule has 0 aliphatic carbocycles. The summed E-state index contributed by atoms with van der Waals surface area (Å²) in [6.07, 6.45) is -0.497. The number of carbonyl (C=O) groups is 1. The van der Waals surface area contributed by atoms with Crippen molar-refractivity contribution in [2.45, 2.75) is 6.42 Å². The van der Waals surface area contributed by atoms with E-state index in [1.165, 1.54) is 18.2 Å². The summed E-state index contributed by atoms with van der Waals surface area (Å²) in [4.78, 5) is 10.3. The first-order chi connectivity index (χ1) is 8.34. The Kier molecular flexibility index (Phi) is 4.53. The van der Waals surface area contributed by atoms with Crippen molar-refractivity contribution in [3.05, 3.63) is 28.8 Å². The second kappa shape index (κ2) is 5.71. The summed E-state index contributed by atoms with van der Waals surface area (Å²) in [5.41, 5.74) is 0.412. The number of hydrogen-bond donors (Lipinski definition) is 2. The lowest BCUT2D eigenvalue weighted by molar-refractivity contribution is -0.136. The monoisotopic (exact) mass is 288 g/mol. The van der Waals surface area contributed by atoms with Gasteiger partial charge in [0.25, 0.3) is 0 Å². The number of carboxylic acid groups (broad SMARTS) is 1. The van der Waals surface area contributed by atoms with Crippen LogP contribution in [0.4, 0.5) is 5.69 Å². The normalized spacial score (nSPS) is 10.7. The number of sulfonamides is 1. The van der Waals surface area contributed by atoms with E-state index in [2.05, 4.69) is 4.72 Å². The van der Waals surface area contributed by atoms with Gasteiger partial charge in [0.05, 0.1) is 34.5 Å². The number of nitriles is 1. The van der Waals surface area contributed by atoms with Gasteiger partial charge in [0.15, 0.2) is 0 Å². The average molecular weight is 289 g/mol. The molecule has 0 saturated heterocycles. The molecule has 0 amide bonds. The van der Waals surface area contributed by atoms with Crippen molar-refractivity contribution in [1.29, 1.82) is 5.26 Å². The molecular weight excluding hydrogens is 280 g/mol. The second-order valence-electron chi connectivity index (χ2n) is 3.37. The first-order valence-corrected chi connectivity index (χ1v) is 6.79. The summed E-state index contributed by atoms with van der Waals surface area (Å²) in [5.74, 6) is -1.75. The highest BCUT2D eigenvalue weighted by Crippen LogP contribution is 2.23. The molecule has 0 radical (unpaired) electrons. The molecule has 0 heterocycles. The third-order valence-electron chi connectivity index (χ3n) is 1.95. The van der Waals surface area contributed by atoms with Crippen molar-refractivity contribution in [1.82, 2.24) is 0 Å². The van der Waals surface area contributed by atoms with E-state index in [1.807, 2.05) is 6.07 Å². The molecule has 0 aliphatic rings. The van der Waals surface area contributed by atoms with Gasteiger partial charge in [0, 0.05) is 0 Å². The Bertz CT molecular complexity index is 607. The Morgan fingerprint density at radius 1 is 1.50 bits per heavy atom. The minimum atomic E-state index is -3.77. The van der Waals surface area contributed by atoms with E-state index in [9.17, 15) is 13.2 Å². The molecule has 2 N–H and O–H groups in total. The predicted octanol–water partition coefficient (Wildman–Crippen LogP) is 1.43. The smallest absolute Gasteiger partial charge is 0.304 e. The van der Waals surface area contributed by atoms with Gasteiger partial charge in [-0.15, -0.1) is 0 Å². The van der Waals surface area contributed by atoms with Crippen molar-refractivity contribution in [2.24, 2.45) is 0 Å². The fourth-order valence-corrected chi connectivity index (χ4v) is 2.45. The molecule has 0 atom stereocenters. The molecule has 18 heavy (non-hydrogen) atoms. The standard InChI is InChI=1S/C10H9ClN2O4S/c11-8-5-7(6-12)1-2-9(8)13-18(16,17)4-3-10(14)15/h1-2,5,13H,3-4H2,(H,14,15). The molecule has 0 aliphatic heterocycles. The van der Waals surface area contributed by atoms with Crippen LogP contribution in [0.1, 0.15) is 12.0 Å². The first kappa shape index (κ1) is 14.3. The maximum absolute atomic E-state index is 11.5. The number of anilines is 1. The molecule has 0 unspecified atom stereocenters. The highest BCUT2D eigenvalue weighted by atomic mass is 35.5. The van der Waals surface area contributed by atoms with Gasteiger partial charge in [-0.1, -0.05) is 11.6 Å². The van der Waals surface area contributed by atoms with Crippen LogP contribution in [0.3, 0.4) is 0 Å². The predicted molar refractivity (Wildman–Crippen MR) is 65.8 cm³/mol. The van der Waals surface area contributed by atoms with Gasteiger partial charge in [0.1, 0.15) is 0 Å². The maximum atomic E-state index is 11.5. The van der Waals surface area contributed by atoms with Crippen LogP contribution < -0.4 is 4.72 Å². The third kappa shape index (κ3) is 4.24. The van der Waals surface area contributed by atoms with Crippen molar-refractivity contribution < 1.29 is 18.3 Å². The average Bonchev–Trinajstić information content (AvgIpc) is 2.29. The van der Waals surface area contributed by atoms with Crippen molar-refractivity contribution in [3.8, 4) is 6.07 Å². The van der Waals surface area contributed by atoms with E-state index in [-0.39, 0.29) is 10.7 Å². The van der Waals surface area contributed by atoms with Crippen LogP contribution in [0.5, 0.6) is 0 Å². The summed E-state index contributed by atoms with van der Waals surface area (Å²) in [5, 5.41) is 17.1. The number of nitrogens with one attached hydrogen (secondary N) is 1. The van der Waals surface area contributed by atoms with Gasteiger partial charge < -0.3 is 5.11 Å². The fraction of sp³-hybridized carbons (Fsp3) is 0.200. The molecular formula is C10H9ClN2O4S. The summed E-state index contributed by atoms with van der Waals surface area (Å²) in [6, 6.07) is 5.92. The largest absolute Gasteiger partial charge is 0.481 e. The zero-order chi connectivity index (χ0) is 13.8. The Labute approximate surface area is 109 Å². The Hall–Kier alpha value is -1.78. The molecule has 0 fully saturated rings. The second-order valence-corrected chi connectivity index (χ2v) is 5.62. The lowest BCUT2D eigenvalue weighted by Crippen LogP contribution is -2.19. The molecule has 1 rings (SSSR count). The molecule has 0 bridgehead atoms. The van der Waals surface area contributed by atoms with Gasteiger partial charge in [0.2, 0.25) is 10.0 Å². The highest BCUT2D eigenvalue weighted by Gasteiger charge is 2.14. The number of hydrogen-bond acceptors (Lipinski definition) is 4. The zero-order valence-electron chi connectivity index (χ0n) is 9.05.